The molecule has 2 aliphatic heterocycles. The summed E-state index contributed by atoms with van der Waals surface area (Å²) in [6, 6.07) is 12.3. The maximum Gasteiger partial charge on any atom is 0.135 e. The third kappa shape index (κ3) is 4.28. The van der Waals surface area contributed by atoms with Crippen LogP contribution >= 0.6 is 0 Å². The second kappa shape index (κ2) is 10.1. The van der Waals surface area contributed by atoms with E-state index in [1.54, 1.807) is 0 Å². The predicted octanol–water partition coefficient (Wildman–Crippen LogP) is 7.11. The Morgan fingerprint density at radius 2 is 1.95 bits per heavy atom. The maximum absolute atomic E-state index is 15.0. The molecule has 0 unspecified atom stereocenters. The van der Waals surface area contributed by atoms with Gasteiger partial charge < -0.3 is 19.5 Å². The number of imidazole rings is 1. The van der Waals surface area contributed by atoms with Gasteiger partial charge in [-0.25, -0.2) is 14.4 Å². The minimum absolute atomic E-state index is 0.0819. The predicted molar refractivity (Wildman–Crippen MR) is 165 cm³/mol. The number of aliphatic imine (C=N–C) groups is 1. The van der Waals surface area contributed by atoms with Gasteiger partial charge in [-0.05, 0) is 73.2 Å². The zero-order valence-electron chi connectivity index (χ0n) is 24.3. The minimum Gasteiger partial charge on any atom is -0.507 e. The molecule has 1 saturated carbocycles. The van der Waals surface area contributed by atoms with E-state index in [0.29, 0.717) is 18.2 Å². The molecule has 214 valence electrons. The topological polar surface area (TPSA) is 69.8 Å². The van der Waals surface area contributed by atoms with E-state index in [9.17, 15) is 5.11 Å². The average molecular weight is 563 g/mol. The highest BCUT2D eigenvalue weighted by atomic mass is 19.1. The Bertz CT molecular complexity index is 1730. The summed E-state index contributed by atoms with van der Waals surface area (Å²) in [5.74, 6) is 2.08. The van der Waals surface area contributed by atoms with Crippen molar-refractivity contribution in [3.05, 3.63) is 95.1 Å². The molecule has 4 heterocycles. The first kappa shape index (κ1) is 26.4. The number of phenols is 1. The molecule has 1 fully saturated rings. The molecular weight excluding hydrogens is 527 g/mol. The Morgan fingerprint density at radius 3 is 2.69 bits per heavy atom. The van der Waals surface area contributed by atoms with Crippen molar-refractivity contribution < 1.29 is 9.50 Å². The largest absolute Gasteiger partial charge is 0.507 e. The molecule has 1 aliphatic carbocycles. The van der Waals surface area contributed by atoms with Gasteiger partial charge in [0.1, 0.15) is 29.9 Å². The summed E-state index contributed by atoms with van der Waals surface area (Å²) in [4.78, 5) is 19.4. The van der Waals surface area contributed by atoms with Crippen LogP contribution in [0.3, 0.4) is 0 Å². The quantitative estimate of drug-likeness (QED) is 0.281. The van der Waals surface area contributed by atoms with Crippen molar-refractivity contribution in [3.8, 4) is 16.9 Å². The van der Waals surface area contributed by atoms with E-state index in [1.807, 2.05) is 36.5 Å². The number of rotatable bonds is 5. The van der Waals surface area contributed by atoms with E-state index in [0.717, 1.165) is 59.5 Å². The molecular formula is C34H35FN6O. The molecule has 7 nitrogen and oxygen atoms in total. The Balaban J connectivity index is 1.36. The Kier molecular flexibility index (Phi) is 6.37. The molecule has 7 rings (SSSR count). The number of aromatic hydroxyl groups is 1. The third-order valence-electron chi connectivity index (χ3n) is 8.66. The average Bonchev–Trinajstić information content (AvgIpc) is 3.76. The van der Waals surface area contributed by atoms with Crippen LogP contribution in [-0.2, 0) is 13.1 Å². The molecule has 2 aromatic carbocycles. The van der Waals surface area contributed by atoms with Gasteiger partial charge in [-0.15, -0.1) is 0 Å². The van der Waals surface area contributed by atoms with Crippen LogP contribution in [0.2, 0.25) is 0 Å². The lowest BCUT2D eigenvalue weighted by Crippen LogP contribution is -2.42. The zero-order chi connectivity index (χ0) is 29.1. The molecule has 42 heavy (non-hydrogen) atoms. The van der Waals surface area contributed by atoms with Crippen LogP contribution in [-0.4, -0.2) is 43.6 Å². The van der Waals surface area contributed by atoms with Crippen molar-refractivity contribution in [1.82, 2.24) is 19.4 Å². The van der Waals surface area contributed by atoms with Crippen molar-refractivity contribution in [2.24, 2.45) is 4.99 Å². The number of pyridine rings is 1. The number of aromatic nitrogens is 3. The number of nitrogens with zero attached hydrogens (tertiary/aromatic N) is 6. The summed E-state index contributed by atoms with van der Waals surface area (Å²) >= 11 is 0. The van der Waals surface area contributed by atoms with Crippen LogP contribution < -0.4 is 4.90 Å². The fourth-order valence-electron chi connectivity index (χ4n) is 6.45. The summed E-state index contributed by atoms with van der Waals surface area (Å²) in [5.41, 5.74) is 8.28. The first-order valence-corrected chi connectivity index (χ1v) is 14.7. The lowest BCUT2D eigenvalue weighted by molar-refractivity contribution is 0.333. The normalized spacial score (nSPS) is 16.4. The van der Waals surface area contributed by atoms with Crippen molar-refractivity contribution in [2.75, 3.05) is 18.1 Å². The van der Waals surface area contributed by atoms with Gasteiger partial charge in [0.05, 0.1) is 40.6 Å². The number of amidine groups is 1. The molecule has 3 aliphatic rings. The van der Waals surface area contributed by atoms with Crippen LogP contribution in [0.1, 0.15) is 72.6 Å². The Hall–Kier alpha value is -4.46. The molecule has 2 aromatic heterocycles. The Labute approximate surface area is 245 Å². The number of hydrogen-bond acceptors (Lipinski definition) is 6. The highest BCUT2D eigenvalue weighted by Gasteiger charge is 2.35. The van der Waals surface area contributed by atoms with E-state index < -0.39 is 5.82 Å². The van der Waals surface area contributed by atoms with Gasteiger partial charge in [0.15, 0.2) is 0 Å². The van der Waals surface area contributed by atoms with Crippen molar-refractivity contribution in [2.45, 2.75) is 58.5 Å². The fourth-order valence-corrected chi connectivity index (χ4v) is 6.45. The van der Waals surface area contributed by atoms with E-state index in [-0.39, 0.29) is 17.2 Å². The Morgan fingerprint density at radius 1 is 1.12 bits per heavy atom. The fraction of sp³-hybridized carbons (Fsp3) is 0.324. The molecule has 0 spiro atoms. The molecule has 0 saturated heterocycles. The van der Waals surface area contributed by atoms with Gasteiger partial charge in [0, 0.05) is 30.8 Å². The monoisotopic (exact) mass is 562 g/mol. The SMILES string of the molecule is C=Cc1nc(C2CC2)c2n1CCN(C1=NCN(c3c(C)ccnc3C(C)C)c3cc(-c4c(O)cccc4F)ccc31)C2. The lowest BCUT2D eigenvalue weighted by atomic mass is 9.97. The van der Waals surface area contributed by atoms with E-state index in [2.05, 4.69) is 41.7 Å². The van der Waals surface area contributed by atoms with Crippen LogP contribution in [0.4, 0.5) is 15.8 Å². The number of hydrogen-bond donors (Lipinski definition) is 1. The number of aryl methyl sites for hydroxylation is 1. The molecule has 0 amide bonds. The molecule has 8 heteroatoms. The second-order valence-electron chi connectivity index (χ2n) is 11.8. The van der Waals surface area contributed by atoms with Crippen LogP contribution in [0.15, 0.2) is 60.2 Å². The van der Waals surface area contributed by atoms with Crippen molar-refractivity contribution in [1.29, 1.82) is 0 Å². The molecule has 0 bridgehead atoms. The first-order valence-electron chi connectivity index (χ1n) is 14.7. The summed E-state index contributed by atoms with van der Waals surface area (Å²) in [6.07, 6.45) is 6.09. The van der Waals surface area contributed by atoms with Crippen molar-refractivity contribution in [3.63, 3.8) is 0 Å². The number of phenolic OH excluding ortho intramolecular Hbond substituents is 1. The minimum atomic E-state index is -0.457. The van der Waals surface area contributed by atoms with Gasteiger partial charge in [-0.2, -0.15) is 0 Å². The molecule has 4 aromatic rings. The van der Waals surface area contributed by atoms with Gasteiger partial charge in [0.25, 0.3) is 0 Å². The van der Waals surface area contributed by atoms with Gasteiger partial charge in [0.2, 0.25) is 0 Å². The van der Waals surface area contributed by atoms with Crippen LogP contribution in [0.5, 0.6) is 5.75 Å². The smallest absolute Gasteiger partial charge is 0.135 e. The summed E-state index contributed by atoms with van der Waals surface area (Å²) in [6.45, 7) is 13.1. The highest BCUT2D eigenvalue weighted by molar-refractivity contribution is 6.07. The van der Waals surface area contributed by atoms with E-state index >= 15 is 4.39 Å². The highest BCUT2D eigenvalue weighted by Crippen LogP contribution is 2.44. The molecule has 0 atom stereocenters. The molecule has 0 radical (unpaired) electrons. The summed E-state index contributed by atoms with van der Waals surface area (Å²) < 4.78 is 17.4. The van der Waals surface area contributed by atoms with E-state index in [4.69, 9.17) is 15.0 Å². The van der Waals surface area contributed by atoms with Gasteiger partial charge in [-0.1, -0.05) is 32.6 Å². The summed E-state index contributed by atoms with van der Waals surface area (Å²) in [7, 11) is 0. The van der Waals surface area contributed by atoms with E-state index in [1.165, 1.54) is 42.4 Å². The third-order valence-corrected chi connectivity index (χ3v) is 8.66. The number of anilines is 2. The number of halogens is 1. The lowest BCUT2D eigenvalue weighted by Gasteiger charge is -2.38. The van der Waals surface area contributed by atoms with Gasteiger partial charge >= 0.3 is 0 Å². The van der Waals surface area contributed by atoms with Crippen LogP contribution in [0.25, 0.3) is 17.2 Å². The molecule has 1 N–H and O–H groups in total. The zero-order valence-corrected chi connectivity index (χ0v) is 24.3. The summed E-state index contributed by atoms with van der Waals surface area (Å²) in [5, 5.41) is 10.6. The maximum atomic E-state index is 15.0. The first-order chi connectivity index (χ1) is 20.4. The number of fused-ring (bicyclic) bond motifs is 2. The van der Waals surface area contributed by atoms with Crippen molar-refractivity contribution >= 4 is 23.3 Å². The van der Waals surface area contributed by atoms with Gasteiger partial charge in [-0.3, -0.25) is 4.98 Å². The standard InChI is InChI=1S/C34H35FN6O/c1-5-29-38-32(22-9-10-22)27-18-39(15-16-40(27)29)34-24-12-11-23(30-25(35)7-6-8-28(30)42)17-26(24)41(19-37-34)33-21(4)13-14-36-31(33)20(2)3/h5-8,11-14,17,20,22,42H,1,9-10,15-16,18-19H2,2-4H3. The van der Waals surface area contributed by atoms with Crippen LogP contribution in [0, 0.1) is 12.7 Å². The number of benzene rings is 2. The second-order valence-corrected chi connectivity index (χ2v) is 11.8.